The van der Waals surface area contributed by atoms with Crippen LogP contribution in [0.3, 0.4) is 0 Å². The summed E-state index contributed by atoms with van der Waals surface area (Å²) in [6.07, 6.45) is 3.25. The molecule has 0 spiro atoms. The van der Waals surface area contributed by atoms with Crippen LogP contribution in [0.25, 0.3) is 0 Å². The van der Waals surface area contributed by atoms with Gasteiger partial charge >= 0.3 is 0 Å². The molecule has 0 radical (unpaired) electrons. The third-order valence-corrected chi connectivity index (χ3v) is 2.84. The van der Waals surface area contributed by atoms with E-state index < -0.39 is 10.0 Å². The second-order valence-corrected chi connectivity index (χ2v) is 4.04. The lowest BCUT2D eigenvalue weighted by atomic mass is 10.6. The molecular weight excluding hydrogens is 166 g/mol. The van der Waals surface area contributed by atoms with Crippen molar-refractivity contribution in [2.45, 2.75) is 13.3 Å². The highest BCUT2D eigenvalue weighted by Crippen LogP contribution is 1.95. The van der Waals surface area contributed by atoms with Crippen LogP contribution in [-0.2, 0) is 10.0 Å². The zero-order valence-electron chi connectivity index (χ0n) is 6.14. The highest BCUT2D eigenvalue weighted by Gasteiger charge is 2.10. The molecule has 0 aliphatic heterocycles. The predicted molar refractivity (Wildman–Crippen MR) is 39.5 cm³/mol. The van der Waals surface area contributed by atoms with E-state index in [-0.39, 0.29) is 5.75 Å². The summed E-state index contributed by atoms with van der Waals surface area (Å²) in [5.41, 5.74) is 0. The molecule has 0 amide bonds. The summed E-state index contributed by atoms with van der Waals surface area (Å²) >= 11 is 0. The van der Waals surface area contributed by atoms with Crippen LogP contribution in [0.15, 0.2) is 12.4 Å². The van der Waals surface area contributed by atoms with Gasteiger partial charge in [-0.3, -0.25) is 0 Å². The van der Waals surface area contributed by atoms with Crippen molar-refractivity contribution < 1.29 is 8.42 Å². The molecule has 0 N–H and O–H groups in total. The maximum Gasteiger partial charge on any atom is 0.255 e. The highest BCUT2D eigenvalue weighted by atomic mass is 32.2. The van der Waals surface area contributed by atoms with Crippen molar-refractivity contribution in [3.8, 4) is 0 Å². The lowest BCUT2D eigenvalue weighted by Gasteiger charge is -1.98. The molecule has 1 heterocycles. The Bertz CT molecular complexity index is 302. The lowest BCUT2D eigenvalue weighted by Crippen LogP contribution is -2.16. The van der Waals surface area contributed by atoms with Crippen molar-refractivity contribution in [3.05, 3.63) is 12.4 Å². The normalized spacial score (nSPS) is 11.7. The van der Waals surface area contributed by atoms with Crippen molar-refractivity contribution in [3.63, 3.8) is 0 Å². The summed E-state index contributed by atoms with van der Waals surface area (Å²) in [7, 11) is -3.22. The quantitative estimate of drug-likeness (QED) is 0.641. The van der Waals surface area contributed by atoms with Gasteiger partial charge in [0.25, 0.3) is 10.0 Å². The summed E-state index contributed by atoms with van der Waals surface area (Å²) in [6, 6.07) is 0. The Kier molecular flexibility index (Phi) is 2.23. The van der Waals surface area contributed by atoms with Crippen LogP contribution in [0, 0.1) is 0 Å². The Morgan fingerprint density at radius 2 is 2.27 bits per heavy atom. The summed E-state index contributed by atoms with van der Waals surface area (Å²) < 4.78 is 23.2. The molecule has 62 valence electrons. The summed E-state index contributed by atoms with van der Waals surface area (Å²) in [4.78, 5) is 0. The Labute approximate surface area is 65.1 Å². The molecule has 6 heteroatoms. The fraction of sp³-hybridized carbons (Fsp3) is 0.600. The fourth-order valence-corrected chi connectivity index (χ4v) is 1.79. The van der Waals surface area contributed by atoms with E-state index in [1.807, 2.05) is 0 Å². The lowest BCUT2D eigenvalue weighted by molar-refractivity contribution is 0.576. The molecule has 1 aromatic heterocycles. The summed E-state index contributed by atoms with van der Waals surface area (Å²) in [6.45, 7) is 1.80. The minimum Gasteiger partial charge on any atom is -0.205 e. The molecule has 0 bridgehead atoms. The second-order valence-electron chi connectivity index (χ2n) is 2.09. The number of rotatable bonds is 3. The second kappa shape index (κ2) is 3.00. The van der Waals surface area contributed by atoms with Gasteiger partial charge in [0.15, 0.2) is 0 Å². The largest absolute Gasteiger partial charge is 0.255 e. The van der Waals surface area contributed by atoms with Gasteiger partial charge in [-0.05, 0) is 6.42 Å². The Balaban J connectivity index is 2.92. The molecule has 0 aromatic carbocycles. The van der Waals surface area contributed by atoms with Gasteiger partial charge in [0.05, 0.1) is 18.1 Å². The van der Waals surface area contributed by atoms with Crippen LogP contribution >= 0.6 is 0 Å². The van der Waals surface area contributed by atoms with Gasteiger partial charge in [-0.1, -0.05) is 12.1 Å². The summed E-state index contributed by atoms with van der Waals surface area (Å²) in [5.74, 6) is 0.107. The molecular formula is C5H9N3O2S. The highest BCUT2D eigenvalue weighted by molar-refractivity contribution is 7.89. The summed E-state index contributed by atoms with van der Waals surface area (Å²) in [5, 5.41) is 6.79. The van der Waals surface area contributed by atoms with E-state index >= 15 is 0 Å². The van der Waals surface area contributed by atoms with Gasteiger partial charge < -0.3 is 0 Å². The number of hydrogen-bond acceptors (Lipinski definition) is 4. The van der Waals surface area contributed by atoms with Crippen LogP contribution < -0.4 is 0 Å². The maximum absolute atomic E-state index is 11.2. The van der Waals surface area contributed by atoms with Crippen LogP contribution in [0.4, 0.5) is 0 Å². The average Bonchev–Trinajstić information content (AvgIpc) is 2.37. The first-order chi connectivity index (χ1) is 5.17. The molecule has 11 heavy (non-hydrogen) atoms. The number of aromatic nitrogens is 3. The Morgan fingerprint density at radius 3 is 2.73 bits per heavy atom. The van der Waals surface area contributed by atoms with Gasteiger partial charge in [0.1, 0.15) is 0 Å². The standard InChI is InChI=1S/C5H9N3O2S/c1-2-5-11(9,10)8-4-3-6-7-8/h3-4H,2,5H2,1H3. The molecule has 0 aliphatic rings. The average molecular weight is 175 g/mol. The molecule has 1 aromatic rings. The van der Waals surface area contributed by atoms with Gasteiger partial charge in [-0.25, -0.2) is 8.42 Å². The van der Waals surface area contributed by atoms with Gasteiger partial charge in [-0.2, -0.15) is 0 Å². The molecule has 0 aliphatic carbocycles. The van der Waals surface area contributed by atoms with Gasteiger partial charge in [0.2, 0.25) is 0 Å². The molecule has 0 saturated carbocycles. The molecule has 0 saturated heterocycles. The van der Waals surface area contributed by atoms with Crippen molar-refractivity contribution in [2.75, 3.05) is 5.75 Å². The first-order valence-electron chi connectivity index (χ1n) is 3.26. The smallest absolute Gasteiger partial charge is 0.205 e. The van der Waals surface area contributed by atoms with E-state index in [4.69, 9.17) is 0 Å². The topological polar surface area (TPSA) is 64.8 Å². The van der Waals surface area contributed by atoms with Crippen LogP contribution in [-0.4, -0.2) is 28.6 Å². The van der Waals surface area contributed by atoms with E-state index in [0.717, 1.165) is 4.09 Å². The molecule has 0 unspecified atom stereocenters. The van der Waals surface area contributed by atoms with E-state index in [9.17, 15) is 8.42 Å². The van der Waals surface area contributed by atoms with Crippen LogP contribution in [0.5, 0.6) is 0 Å². The van der Waals surface area contributed by atoms with Crippen molar-refractivity contribution in [1.82, 2.24) is 14.4 Å². The molecule has 0 atom stereocenters. The van der Waals surface area contributed by atoms with E-state index in [0.29, 0.717) is 6.42 Å². The van der Waals surface area contributed by atoms with Crippen LogP contribution in [0.1, 0.15) is 13.3 Å². The molecule has 5 nitrogen and oxygen atoms in total. The zero-order valence-corrected chi connectivity index (χ0v) is 6.95. The van der Waals surface area contributed by atoms with Crippen molar-refractivity contribution in [2.24, 2.45) is 0 Å². The number of nitrogens with zero attached hydrogens (tertiary/aromatic N) is 3. The SMILES string of the molecule is CCCS(=O)(=O)n1ccnn1. The van der Waals surface area contributed by atoms with Crippen molar-refractivity contribution >= 4 is 10.0 Å². The first kappa shape index (κ1) is 8.19. The first-order valence-corrected chi connectivity index (χ1v) is 4.87. The van der Waals surface area contributed by atoms with E-state index in [1.54, 1.807) is 6.92 Å². The van der Waals surface area contributed by atoms with E-state index in [1.165, 1.54) is 12.4 Å². The monoisotopic (exact) mass is 175 g/mol. The van der Waals surface area contributed by atoms with Gasteiger partial charge in [-0.15, -0.1) is 9.19 Å². The zero-order chi connectivity index (χ0) is 8.32. The Hall–Kier alpha value is -0.910. The van der Waals surface area contributed by atoms with E-state index in [2.05, 4.69) is 10.3 Å². The third kappa shape index (κ3) is 1.76. The molecule has 1 rings (SSSR count). The van der Waals surface area contributed by atoms with Crippen LogP contribution in [0.2, 0.25) is 0 Å². The Morgan fingerprint density at radius 1 is 1.55 bits per heavy atom. The predicted octanol–water partition coefficient (Wildman–Crippen LogP) is -0.134. The molecule has 0 fully saturated rings. The minimum absolute atomic E-state index is 0.107. The fourth-order valence-electron chi connectivity index (χ4n) is 0.697. The number of hydrogen-bond donors (Lipinski definition) is 0. The minimum atomic E-state index is -3.22. The third-order valence-electron chi connectivity index (χ3n) is 1.15. The van der Waals surface area contributed by atoms with Gasteiger partial charge in [0, 0.05) is 0 Å². The maximum atomic E-state index is 11.2. The van der Waals surface area contributed by atoms with Crippen molar-refractivity contribution in [1.29, 1.82) is 0 Å².